The summed E-state index contributed by atoms with van der Waals surface area (Å²) in [5.41, 5.74) is 7.74. The van der Waals surface area contributed by atoms with Crippen LogP contribution in [-0.2, 0) is 6.67 Å². The summed E-state index contributed by atoms with van der Waals surface area (Å²) in [6.07, 6.45) is 0. The predicted molar refractivity (Wildman–Crippen MR) is 96.4 cm³/mol. The zero-order valence-electron chi connectivity index (χ0n) is 13.5. The summed E-state index contributed by atoms with van der Waals surface area (Å²) in [7, 11) is 0. The number of aryl methyl sites for hydroxylation is 1. The molecule has 7 nitrogen and oxygen atoms in total. The largest absolute Gasteiger partial charge is 0.493 e. The summed E-state index contributed by atoms with van der Waals surface area (Å²) in [6, 6.07) is 5.93. The molecule has 124 valence electrons. The van der Waals surface area contributed by atoms with Crippen molar-refractivity contribution < 1.29 is 5.11 Å². The maximum Gasteiger partial charge on any atom is 0.254 e. The Hall–Kier alpha value is -2.19. The van der Waals surface area contributed by atoms with E-state index in [9.17, 15) is 10.0 Å². The van der Waals surface area contributed by atoms with Gasteiger partial charge in [0, 0.05) is 10.6 Å². The molecule has 0 spiro atoms. The van der Waals surface area contributed by atoms with E-state index in [1.165, 1.54) is 0 Å². The molecule has 2 aromatic rings. The summed E-state index contributed by atoms with van der Waals surface area (Å²) < 4.78 is 1.82. The van der Waals surface area contributed by atoms with Gasteiger partial charge in [-0.15, -0.1) is 4.91 Å². The van der Waals surface area contributed by atoms with Crippen LogP contribution in [0.5, 0.6) is 5.88 Å². The Labute approximate surface area is 140 Å². The highest BCUT2D eigenvalue weighted by molar-refractivity contribution is 7.80. The fourth-order valence-electron chi connectivity index (χ4n) is 2.48. The van der Waals surface area contributed by atoms with Crippen LogP contribution >= 0.6 is 12.2 Å². The number of hydrazine groups is 1. The summed E-state index contributed by atoms with van der Waals surface area (Å²) in [5, 5.41) is 13.9. The van der Waals surface area contributed by atoms with E-state index in [0.717, 1.165) is 29.6 Å². The number of nitrogens with one attached hydrogen (secondary N) is 2. The number of anilines is 1. The number of fused-ring (bicyclic) bond motifs is 1. The Balaban J connectivity index is 2.48. The topological polar surface area (TPSA) is 81.9 Å². The molecule has 0 fully saturated rings. The molecule has 0 amide bonds. The summed E-state index contributed by atoms with van der Waals surface area (Å²) in [6.45, 7) is 8.45. The minimum atomic E-state index is -0.221. The first-order chi connectivity index (χ1) is 11.0. The van der Waals surface area contributed by atoms with Gasteiger partial charge in [0.1, 0.15) is 5.69 Å². The zero-order valence-corrected chi connectivity index (χ0v) is 14.3. The molecule has 0 radical (unpaired) electrons. The van der Waals surface area contributed by atoms with Crippen LogP contribution in [0.15, 0.2) is 23.4 Å². The lowest BCUT2D eigenvalue weighted by molar-refractivity contribution is 0.233. The second-order valence-electron chi connectivity index (χ2n) is 5.24. The average molecular weight is 335 g/mol. The van der Waals surface area contributed by atoms with Crippen molar-refractivity contribution in [1.82, 2.24) is 14.9 Å². The van der Waals surface area contributed by atoms with E-state index in [4.69, 9.17) is 12.2 Å². The van der Waals surface area contributed by atoms with Crippen LogP contribution in [0.2, 0.25) is 0 Å². The third-order valence-corrected chi connectivity index (χ3v) is 3.98. The highest BCUT2D eigenvalue weighted by atomic mass is 32.1. The fourth-order valence-corrected chi connectivity index (χ4v) is 2.53. The average Bonchev–Trinajstić information content (AvgIpc) is 2.81. The number of hydrogen-bond donors (Lipinski definition) is 3. The zero-order chi connectivity index (χ0) is 17.0. The third kappa shape index (κ3) is 3.59. The predicted octanol–water partition coefficient (Wildman–Crippen LogP) is 2.92. The molecule has 23 heavy (non-hydrogen) atoms. The first-order valence-electron chi connectivity index (χ1n) is 7.45. The molecular formula is C15H21N5O2S. The number of benzene rings is 1. The van der Waals surface area contributed by atoms with Crippen LogP contribution in [0.1, 0.15) is 19.4 Å². The second kappa shape index (κ2) is 7.38. The van der Waals surface area contributed by atoms with Crippen molar-refractivity contribution in [3.8, 4) is 5.88 Å². The number of aromatic hydroxyl groups is 1. The van der Waals surface area contributed by atoms with E-state index in [2.05, 4.69) is 34.8 Å². The Morgan fingerprint density at radius 2 is 2.09 bits per heavy atom. The van der Waals surface area contributed by atoms with Gasteiger partial charge in [0.25, 0.3) is 5.11 Å². The minimum absolute atomic E-state index is 0.0821. The second-order valence-corrected chi connectivity index (χ2v) is 5.63. The van der Waals surface area contributed by atoms with Crippen LogP contribution < -0.4 is 10.9 Å². The van der Waals surface area contributed by atoms with Gasteiger partial charge < -0.3 is 5.11 Å². The minimum Gasteiger partial charge on any atom is -0.493 e. The first kappa shape index (κ1) is 17.2. The van der Waals surface area contributed by atoms with Gasteiger partial charge >= 0.3 is 0 Å². The lowest BCUT2D eigenvalue weighted by atomic mass is 10.1. The Morgan fingerprint density at radius 1 is 1.39 bits per heavy atom. The van der Waals surface area contributed by atoms with Crippen LogP contribution in [0.25, 0.3) is 10.9 Å². The van der Waals surface area contributed by atoms with Crippen molar-refractivity contribution in [3.63, 3.8) is 0 Å². The molecule has 1 aromatic carbocycles. The van der Waals surface area contributed by atoms with E-state index >= 15 is 0 Å². The molecule has 0 saturated heterocycles. The van der Waals surface area contributed by atoms with Crippen LogP contribution in [0.3, 0.4) is 0 Å². The smallest absolute Gasteiger partial charge is 0.254 e. The molecule has 2 rings (SSSR count). The van der Waals surface area contributed by atoms with Crippen molar-refractivity contribution >= 4 is 33.9 Å². The summed E-state index contributed by atoms with van der Waals surface area (Å²) in [4.78, 5) is 12.6. The lowest BCUT2D eigenvalue weighted by Gasteiger charge is -2.20. The highest BCUT2D eigenvalue weighted by Crippen LogP contribution is 2.36. The number of hydrogen-bond acceptors (Lipinski definition) is 5. The van der Waals surface area contributed by atoms with Crippen molar-refractivity contribution in [2.45, 2.75) is 27.4 Å². The van der Waals surface area contributed by atoms with Crippen LogP contribution in [-0.4, -0.2) is 32.8 Å². The molecule has 0 bridgehead atoms. The molecule has 3 N–H and O–H groups in total. The van der Waals surface area contributed by atoms with E-state index < -0.39 is 0 Å². The molecule has 0 aliphatic carbocycles. The Kier molecular flexibility index (Phi) is 5.51. The monoisotopic (exact) mass is 335 g/mol. The summed E-state index contributed by atoms with van der Waals surface area (Å²) >= 11 is 4.71. The maximum atomic E-state index is 10.6. The molecule has 0 saturated carbocycles. The van der Waals surface area contributed by atoms with Crippen LogP contribution in [0, 0.1) is 11.8 Å². The molecule has 1 aromatic heterocycles. The van der Waals surface area contributed by atoms with Gasteiger partial charge in [-0.2, -0.15) is 0 Å². The first-order valence-corrected chi connectivity index (χ1v) is 7.86. The van der Waals surface area contributed by atoms with E-state index in [1.54, 1.807) is 0 Å². The van der Waals surface area contributed by atoms with E-state index in [0.29, 0.717) is 12.4 Å². The van der Waals surface area contributed by atoms with Crippen molar-refractivity contribution in [1.29, 1.82) is 0 Å². The van der Waals surface area contributed by atoms with Crippen molar-refractivity contribution in [2.75, 3.05) is 18.5 Å². The number of nitrogens with zero attached hydrogens (tertiary/aromatic N) is 3. The van der Waals surface area contributed by atoms with Gasteiger partial charge in [-0.1, -0.05) is 25.5 Å². The van der Waals surface area contributed by atoms with Gasteiger partial charge in [-0.3, -0.25) is 20.3 Å². The van der Waals surface area contributed by atoms with Gasteiger partial charge in [-0.05, 0) is 44.4 Å². The van der Waals surface area contributed by atoms with Gasteiger partial charge in [0.05, 0.1) is 12.2 Å². The SMILES string of the molecule is CCN(CC)Cn1c(O)c(NNC(=S)N=O)c2cc(C)ccc21. The number of thiocarbonyl (C=S) groups is 1. The quantitative estimate of drug-likeness (QED) is 0.428. The number of nitroso groups, excluding NO2 is 1. The van der Waals surface area contributed by atoms with Crippen molar-refractivity contribution in [2.24, 2.45) is 5.18 Å². The molecular weight excluding hydrogens is 314 g/mol. The normalized spacial score (nSPS) is 11.0. The van der Waals surface area contributed by atoms with Gasteiger partial charge in [0.2, 0.25) is 5.88 Å². The lowest BCUT2D eigenvalue weighted by Crippen LogP contribution is -2.26. The molecule has 0 atom stereocenters. The maximum absolute atomic E-state index is 10.6. The van der Waals surface area contributed by atoms with Crippen LogP contribution in [0.4, 0.5) is 5.69 Å². The van der Waals surface area contributed by atoms with Gasteiger partial charge in [-0.25, -0.2) is 0 Å². The third-order valence-electron chi connectivity index (χ3n) is 3.80. The Bertz CT molecular complexity index is 724. The summed E-state index contributed by atoms with van der Waals surface area (Å²) in [5.74, 6) is 0.0821. The Morgan fingerprint density at radius 3 is 2.70 bits per heavy atom. The molecule has 0 aliphatic rings. The fraction of sp³-hybridized carbons (Fsp3) is 0.400. The molecule has 8 heteroatoms. The number of aromatic nitrogens is 1. The van der Waals surface area contributed by atoms with Crippen molar-refractivity contribution in [3.05, 3.63) is 28.7 Å². The molecule has 0 unspecified atom stereocenters. The van der Waals surface area contributed by atoms with E-state index in [1.807, 2.05) is 29.7 Å². The van der Waals surface area contributed by atoms with E-state index in [-0.39, 0.29) is 11.0 Å². The standard InChI is InChI=1S/C15H21N5O2S/c1-4-19(5-2)9-20-12-7-6-10(3)8-11(12)13(14(20)21)16-17-15(23)18-22/h6-8,16,21H,4-5,9H2,1-3H3,(H,17,23). The van der Waals surface area contributed by atoms with Gasteiger partial charge in [0.15, 0.2) is 0 Å². The molecule has 0 aliphatic heterocycles. The highest BCUT2D eigenvalue weighted by Gasteiger charge is 2.18. The number of rotatable bonds is 6. The molecule has 1 heterocycles.